The summed E-state index contributed by atoms with van der Waals surface area (Å²) in [5.41, 5.74) is 3.57. The molecular formula is C15H19NOS. The van der Waals surface area contributed by atoms with Crippen molar-refractivity contribution in [2.45, 2.75) is 32.5 Å². The average Bonchev–Trinajstić information content (AvgIpc) is 2.89. The Kier molecular flexibility index (Phi) is 4.93. The molecule has 3 heteroatoms. The number of hydrogen-bond acceptors (Lipinski definition) is 3. The maximum atomic E-state index is 9.26. The van der Waals surface area contributed by atoms with Crippen molar-refractivity contribution in [2.75, 3.05) is 0 Å². The molecule has 2 nitrogen and oxygen atoms in total. The Bertz CT molecular complexity index is 467. The van der Waals surface area contributed by atoms with Crippen molar-refractivity contribution < 1.29 is 5.11 Å². The molecule has 0 aliphatic rings. The van der Waals surface area contributed by atoms with E-state index in [4.69, 9.17) is 0 Å². The Morgan fingerprint density at radius 2 is 2.00 bits per heavy atom. The molecule has 1 heterocycles. The summed E-state index contributed by atoms with van der Waals surface area (Å²) in [5, 5.41) is 17.1. The van der Waals surface area contributed by atoms with Crippen molar-refractivity contribution in [3.8, 4) is 0 Å². The molecule has 2 N–H and O–H groups in total. The molecule has 1 atom stereocenters. The Morgan fingerprint density at radius 3 is 2.67 bits per heavy atom. The van der Waals surface area contributed by atoms with Crippen LogP contribution in [0.1, 0.15) is 23.6 Å². The third-order valence-electron chi connectivity index (χ3n) is 3.05. The molecule has 0 saturated carbocycles. The highest BCUT2D eigenvalue weighted by atomic mass is 32.1. The summed E-state index contributed by atoms with van der Waals surface area (Å²) in [6.45, 7) is 3.11. The molecule has 0 fully saturated rings. The molecule has 0 aliphatic carbocycles. The highest BCUT2D eigenvalue weighted by Crippen LogP contribution is 2.11. The molecule has 96 valence electrons. The largest absolute Gasteiger partial charge is 0.392 e. The first kappa shape index (κ1) is 13.3. The van der Waals surface area contributed by atoms with E-state index in [0.717, 1.165) is 18.5 Å². The molecule has 18 heavy (non-hydrogen) atoms. The lowest BCUT2D eigenvalue weighted by molar-refractivity contribution is 0.280. The second kappa shape index (κ2) is 6.69. The van der Waals surface area contributed by atoms with Gasteiger partial charge >= 0.3 is 0 Å². The van der Waals surface area contributed by atoms with Crippen LogP contribution in [0.5, 0.6) is 0 Å². The first-order valence-electron chi connectivity index (χ1n) is 6.21. The third-order valence-corrected chi connectivity index (χ3v) is 3.78. The Morgan fingerprint density at radius 1 is 1.22 bits per heavy atom. The first-order chi connectivity index (χ1) is 8.79. The second-order valence-electron chi connectivity index (χ2n) is 4.54. The lowest BCUT2D eigenvalue weighted by atomic mass is 10.1. The standard InChI is InChI=1S/C15H19NOS/c1-12(8-13-6-7-18-11-13)16-9-14-4-2-3-5-15(14)10-17/h2-7,11-12,16-17H,8-10H2,1H3. The van der Waals surface area contributed by atoms with Crippen molar-refractivity contribution in [3.63, 3.8) is 0 Å². The number of thiophene rings is 1. The molecule has 2 rings (SSSR count). The van der Waals surface area contributed by atoms with Gasteiger partial charge in [0.1, 0.15) is 0 Å². The van der Waals surface area contributed by atoms with Gasteiger partial charge in [0, 0.05) is 12.6 Å². The minimum Gasteiger partial charge on any atom is -0.392 e. The molecule has 0 radical (unpaired) electrons. The highest BCUT2D eigenvalue weighted by molar-refractivity contribution is 7.07. The molecule has 0 amide bonds. The predicted octanol–water partition coefficient (Wildman–Crippen LogP) is 2.96. The quantitative estimate of drug-likeness (QED) is 0.838. The van der Waals surface area contributed by atoms with Crippen LogP contribution >= 0.6 is 11.3 Å². The van der Waals surface area contributed by atoms with Gasteiger partial charge in [-0.2, -0.15) is 11.3 Å². The molecule has 1 aromatic heterocycles. The van der Waals surface area contributed by atoms with Gasteiger partial charge in [-0.3, -0.25) is 0 Å². The fourth-order valence-corrected chi connectivity index (χ4v) is 2.68. The van der Waals surface area contributed by atoms with E-state index in [1.54, 1.807) is 11.3 Å². The SMILES string of the molecule is CC(Cc1ccsc1)NCc1ccccc1CO. The van der Waals surface area contributed by atoms with Gasteiger partial charge in [0.2, 0.25) is 0 Å². The number of benzene rings is 1. The molecular weight excluding hydrogens is 242 g/mol. The monoisotopic (exact) mass is 261 g/mol. The average molecular weight is 261 g/mol. The van der Waals surface area contributed by atoms with E-state index < -0.39 is 0 Å². The van der Waals surface area contributed by atoms with Gasteiger partial charge in [0.05, 0.1) is 6.61 Å². The van der Waals surface area contributed by atoms with Gasteiger partial charge in [0.15, 0.2) is 0 Å². The number of hydrogen-bond donors (Lipinski definition) is 2. The number of aliphatic hydroxyl groups excluding tert-OH is 1. The van der Waals surface area contributed by atoms with E-state index in [2.05, 4.69) is 35.1 Å². The summed E-state index contributed by atoms with van der Waals surface area (Å²) in [5.74, 6) is 0. The van der Waals surface area contributed by atoms with E-state index in [0.29, 0.717) is 6.04 Å². The van der Waals surface area contributed by atoms with Crippen molar-refractivity contribution in [3.05, 3.63) is 57.8 Å². The normalized spacial score (nSPS) is 12.6. The fraction of sp³-hybridized carbons (Fsp3) is 0.333. The number of rotatable bonds is 6. The van der Waals surface area contributed by atoms with Gasteiger partial charge in [-0.15, -0.1) is 0 Å². The Labute approximate surface area is 112 Å². The van der Waals surface area contributed by atoms with Gasteiger partial charge in [0.25, 0.3) is 0 Å². The molecule has 2 aromatic rings. The zero-order chi connectivity index (χ0) is 12.8. The molecule has 0 bridgehead atoms. The predicted molar refractivity (Wildman–Crippen MR) is 76.7 cm³/mol. The molecule has 0 saturated heterocycles. The van der Waals surface area contributed by atoms with Crippen LogP contribution in [0.2, 0.25) is 0 Å². The zero-order valence-corrected chi connectivity index (χ0v) is 11.4. The van der Waals surface area contributed by atoms with Crippen LogP contribution in [-0.4, -0.2) is 11.1 Å². The minimum absolute atomic E-state index is 0.108. The minimum atomic E-state index is 0.108. The van der Waals surface area contributed by atoms with Crippen LogP contribution < -0.4 is 5.32 Å². The van der Waals surface area contributed by atoms with E-state index in [9.17, 15) is 5.11 Å². The summed E-state index contributed by atoms with van der Waals surface area (Å²) in [4.78, 5) is 0. The van der Waals surface area contributed by atoms with Gasteiger partial charge < -0.3 is 10.4 Å². The van der Waals surface area contributed by atoms with Crippen LogP contribution in [-0.2, 0) is 19.6 Å². The summed E-state index contributed by atoms with van der Waals surface area (Å²) < 4.78 is 0. The van der Waals surface area contributed by atoms with Crippen LogP contribution in [0, 0.1) is 0 Å². The topological polar surface area (TPSA) is 32.3 Å². The lowest BCUT2D eigenvalue weighted by Gasteiger charge is -2.14. The van der Waals surface area contributed by atoms with E-state index in [-0.39, 0.29) is 6.61 Å². The van der Waals surface area contributed by atoms with Crippen molar-refractivity contribution >= 4 is 11.3 Å². The third kappa shape index (κ3) is 3.67. The van der Waals surface area contributed by atoms with Gasteiger partial charge in [-0.05, 0) is 46.9 Å². The maximum absolute atomic E-state index is 9.26. The maximum Gasteiger partial charge on any atom is 0.0685 e. The van der Waals surface area contributed by atoms with Crippen LogP contribution in [0.4, 0.5) is 0 Å². The van der Waals surface area contributed by atoms with Crippen LogP contribution in [0.15, 0.2) is 41.1 Å². The Balaban J connectivity index is 1.87. The van der Waals surface area contributed by atoms with E-state index >= 15 is 0 Å². The van der Waals surface area contributed by atoms with Crippen molar-refractivity contribution in [2.24, 2.45) is 0 Å². The summed E-state index contributed by atoms with van der Waals surface area (Å²) in [7, 11) is 0. The molecule has 0 spiro atoms. The second-order valence-corrected chi connectivity index (χ2v) is 5.32. The lowest BCUT2D eigenvalue weighted by Crippen LogP contribution is -2.27. The molecule has 1 aromatic carbocycles. The fourth-order valence-electron chi connectivity index (χ4n) is 2.00. The summed E-state index contributed by atoms with van der Waals surface area (Å²) in [6.07, 6.45) is 1.05. The smallest absolute Gasteiger partial charge is 0.0685 e. The van der Waals surface area contributed by atoms with Crippen molar-refractivity contribution in [1.82, 2.24) is 5.32 Å². The van der Waals surface area contributed by atoms with Crippen molar-refractivity contribution in [1.29, 1.82) is 0 Å². The first-order valence-corrected chi connectivity index (χ1v) is 7.16. The summed E-state index contributed by atoms with van der Waals surface area (Å²) in [6, 6.07) is 10.6. The Hall–Kier alpha value is -1.16. The molecule has 1 unspecified atom stereocenters. The van der Waals surface area contributed by atoms with E-state index in [1.165, 1.54) is 11.1 Å². The van der Waals surface area contributed by atoms with Gasteiger partial charge in [-0.1, -0.05) is 24.3 Å². The number of nitrogens with one attached hydrogen (secondary N) is 1. The summed E-state index contributed by atoms with van der Waals surface area (Å²) >= 11 is 1.74. The van der Waals surface area contributed by atoms with Gasteiger partial charge in [-0.25, -0.2) is 0 Å². The number of aliphatic hydroxyl groups is 1. The highest BCUT2D eigenvalue weighted by Gasteiger charge is 2.05. The zero-order valence-electron chi connectivity index (χ0n) is 10.6. The van der Waals surface area contributed by atoms with E-state index in [1.807, 2.05) is 18.2 Å². The van der Waals surface area contributed by atoms with Crippen LogP contribution in [0.3, 0.4) is 0 Å². The molecule has 0 aliphatic heterocycles. The van der Waals surface area contributed by atoms with Crippen LogP contribution in [0.25, 0.3) is 0 Å².